The van der Waals surface area contributed by atoms with Crippen molar-refractivity contribution in [2.24, 2.45) is 0 Å². The van der Waals surface area contributed by atoms with Gasteiger partial charge in [-0.05, 0) is 11.6 Å². The zero-order chi connectivity index (χ0) is 19.4. The maximum absolute atomic E-state index is 13.0. The minimum Gasteiger partial charge on any atom is -0.334 e. The van der Waals surface area contributed by atoms with Gasteiger partial charge in [0.05, 0.1) is 12.2 Å². The van der Waals surface area contributed by atoms with E-state index < -0.39 is 17.8 Å². The number of carbonyl (C=O) groups is 2. The van der Waals surface area contributed by atoms with Crippen LogP contribution in [0.25, 0.3) is 0 Å². The maximum atomic E-state index is 13.0. The van der Waals surface area contributed by atoms with Gasteiger partial charge < -0.3 is 10.2 Å². The molecule has 0 bridgehead atoms. The first kappa shape index (κ1) is 18.7. The van der Waals surface area contributed by atoms with Gasteiger partial charge in [-0.3, -0.25) is 14.7 Å². The Kier molecular flexibility index (Phi) is 5.29. The second-order valence-electron chi connectivity index (χ2n) is 6.11. The fourth-order valence-electron chi connectivity index (χ4n) is 2.80. The molecule has 0 atom stereocenters. The highest BCUT2D eigenvalue weighted by atomic mass is 19.4. The van der Waals surface area contributed by atoms with Gasteiger partial charge in [0, 0.05) is 31.0 Å². The van der Waals surface area contributed by atoms with Crippen molar-refractivity contribution in [3.63, 3.8) is 0 Å². The predicted molar refractivity (Wildman–Crippen MR) is 90.0 cm³/mol. The predicted octanol–water partition coefficient (Wildman–Crippen LogP) is 2.61. The van der Waals surface area contributed by atoms with Gasteiger partial charge in [0.25, 0.3) is 0 Å². The molecular formula is C18H17F3N4O2. The summed E-state index contributed by atoms with van der Waals surface area (Å²) in [6.07, 6.45) is -2.41. The lowest BCUT2D eigenvalue weighted by Gasteiger charge is -2.19. The molecule has 0 unspecified atom stereocenters. The summed E-state index contributed by atoms with van der Waals surface area (Å²) in [6.45, 7) is 0.00569. The van der Waals surface area contributed by atoms with Crippen LogP contribution in [0.1, 0.15) is 16.7 Å². The Morgan fingerprint density at radius 2 is 1.93 bits per heavy atom. The largest absolute Gasteiger partial charge is 0.416 e. The van der Waals surface area contributed by atoms with Crippen LogP contribution >= 0.6 is 0 Å². The van der Waals surface area contributed by atoms with Crippen LogP contribution in [0.2, 0.25) is 0 Å². The monoisotopic (exact) mass is 378 g/mol. The van der Waals surface area contributed by atoms with E-state index in [0.717, 1.165) is 24.0 Å². The second-order valence-corrected chi connectivity index (χ2v) is 6.11. The molecule has 2 heterocycles. The summed E-state index contributed by atoms with van der Waals surface area (Å²) >= 11 is 0. The number of nitrogens with zero attached hydrogens (tertiary/aromatic N) is 3. The second kappa shape index (κ2) is 7.65. The third kappa shape index (κ3) is 4.55. The van der Waals surface area contributed by atoms with E-state index in [1.807, 2.05) is 30.3 Å². The lowest BCUT2D eigenvalue weighted by atomic mass is 10.1. The summed E-state index contributed by atoms with van der Waals surface area (Å²) in [5, 5.41) is 2.43. The SMILES string of the molecule is O=C1CN(C(=O)NCc2cnccc2C(F)(F)F)CN1Cc1ccccc1. The van der Waals surface area contributed by atoms with E-state index in [0.29, 0.717) is 6.54 Å². The minimum atomic E-state index is -4.53. The molecule has 1 N–H and O–H groups in total. The molecule has 3 amide bonds. The van der Waals surface area contributed by atoms with Crippen LogP contribution in [0, 0.1) is 0 Å². The van der Waals surface area contributed by atoms with Crippen LogP contribution in [-0.4, -0.2) is 39.9 Å². The number of carbonyl (C=O) groups excluding carboxylic acids is 2. The summed E-state index contributed by atoms with van der Waals surface area (Å²) in [6, 6.07) is 9.58. The number of benzene rings is 1. The molecule has 1 aliphatic heterocycles. The number of hydrogen-bond acceptors (Lipinski definition) is 3. The zero-order valence-electron chi connectivity index (χ0n) is 14.2. The van der Waals surface area contributed by atoms with Crippen molar-refractivity contribution in [3.8, 4) is 0 Å². The Hall–Kier alpha value is -3.10. The van der Waals surface area contributed by atoms with Gasteiger partial charge in [0.1, 0.15) is 6.54 Å². The summed E-state index contributed by atoms with van der Waals surface area (Å²) in [5.74, 6) is -0.216. The molecule has 142 valence electrons. The molecule has 1 fully saturated rings. The van der Waals surface area contributed by atoms with E-state index in [1.165, 1.54) is 9.80 Å². The summed E-state index contributed by atoms with van der Waals surface area (Å²) in [5.41, 5.74) is -0.0516. The molecule has 0 aliphatic carbocycles. The van der Waals surface area contributed by atoms with E-state index in [4.69, 9.17) is 0 Å². The number of halogens is 3. The quantitative estimate of drug-likeness (QED) is 0.890. The third-order valence-electron chi connectivity index (χ3n) is 4.16. The van der Waals surface area contributed by atoms with Gasteiger partial charge in [-0.15, -0.1) is 0 Å². The van der Waals surface area contributed by atoms with E-state index in [-0.39, 0.29) is 31.2 Å². The van der Waals surface area contributed by atoms with Gasteiger partial charge in [-0.1, -0.05) is 30.3 Å². The van der Waals surface area contributed by atoms with Crippen molar-refractivity contribution in [2.45, 2.75) is 19.3 Å². The van der Waals surface area contributed by atoms with Gasteiger partial charge >= 0.3 is 12.2 Å². The van der Waals surface area contributed by atoms with Crippen LogP contribution in [0.15, 0.2) is 48.8 Å². The summed E-state index contributed by atoms with van der Waals surface area (Å²) in [4.78, 5) is 30.8. The number of nitrogens with one attached hydrogen (secondary N) is 1. The van der Waals surface area contributed by atoms with Gasteiger partial charge in [-0.25, -0.2) is 4.79 Å². The smallest absolute Gasteiger partial charge is 0.334 e. The Morgan fingerprint density at radius 3 is 2.63 bits per heavy atom. The first-order valence-electron chi connectivity index (χ1n) is 8.19. The first-order chi connectivity index (χ1) is 12.8. The van der Waals surface area contributed by atoms with Crippen molar-refractivity contribution in [3.05, 3.63) is 65.5 Å². The molecule has 9 heteroatoms. The fraction of sp³-hybridized carbons (Fsp3) is 0.278. The van der Waals surface area contributed by atoms with Crippen molar-refractivity contribution in [1.82, 2.24) is 20.1 Å². The standard InChI is InChI=1S/C18H17F3N4O2/c19-18(20,21)15-6-7-22-8-14(15)9-23-17(27)25-11-16(26)24(12-25)10-13-4-2-1-3-5-13/h1-8H,9-12H2,(H,23,27). The van der Waals surface area contributed by atoms with Gasteiger partial charge in [0.2, 0.25) is 5.91 Å². The molecule has 27 heavy (non-hydrogen) atoms. The van der Waals surface area contributed by atoms with Gasteiger partial charge in [-0.2, -0.15) is 13.2 Å². The van der Waals surface area contributed by atoms with Crippen molar-refractivity contribution in [1.29, 1.82) is 0 Å². The van der Waals surface area contributed by atoms with Crippen molar-refractivity contribution < 1.29 is 22.8 Å². The third-order valence-corrected chi connectivity index (χ3v) is 4.16. The Bertz CT molecular complexity index is 827. The average Bonchev–Trinajstić information content (AvgIpc) is 3.01. The van der Waals surface area contributed by atoms with Crippen molar-refractivity contribution in [2.75, 3.05) is 13.2 Å². The number of pyridine rings is 1. The van der Waals surface area contributed by atoms with Crippen LogP contribution in [-0.2, 0) is 24.1 Å². The van der Waals surface area contributed by atoms with Crippen LogP contribution < -0.4 is 5.32 Å². The minimum absolute atomic E-state index is 0.0821. The van der Waals surface area contributed by atoms with Gasteiger partial charge in [0.15, 0.2) is 0 Å². The molecular weight excluding hydrogens is 361 g/mol. The molecule has 2 aromatic rings. The van der Waals surface area contributed by atoms with Crippen LogP contribution in [0.5, 0.6) is 0 Å². The molecule has 0 radical (unpaired) electrons. The average molecular weight is 378 g/mol. The molecule has 1 saturated heterocycles. The molecule has 3 rings (SSSR count). The van der Waals surface area contributed by atoms with E-state index in [9.17, 15) is 22.8 Å². The number of alkyl halides is 3. The lowest BCUT2D eigenvalue weighted by Crippen LogP contribution is -2.39. The Balaban J connectivity index is 1.59. The fourth-order valence-corrected chi connectivity index (χ4v) is 2.80. The van der Waals surface area contributed by atoms with E-state index in [1.54, 1.807) is 0 Å². The molecule has 1 aliphatic rings. The molecule has 0 spiro atoms. The highest BCUT2D eigenvalue weighted by molar-refractivity contribution is 5.87. The number of rotatable bonds is 4. The highest BCUT2D eigenvalue weighted by Gasteiger charge is 2.34. The maximum Gasteiger partial charge on any atom is 0.416 e. The molecule has 0 saturated carbocycles. The van der Waals surface area contributed by atoms with E-state index >= 15 is 0 Å². The van der Waals surface area contributed by atoms with E-state index in [2.05, 4.69) is 10.3 Å². The Labute approximate surface area is 153 Å². The lowest BCUT2D eigenvalue weighted by molar-refractivity contribution is -0.138. The van der Waals surface area contributed by atoms with Crippen LogP contribution in [0.3, 0.4) is 0 Å². The highest BCUT2D eigenvalue weighted by Crippen LogP contribution is 2.31. The molecule has 1 aromatic heterocycles. The zero-order valence-corrected chi connectivity index (χ0v) is 14.2. The number of urea groups is 1. The Morgan fingerprint density at radius 1 is 1.19 bits per heavy atom. The number of hydrogen-bond donors (Lipinski definition) is 1. The topological polar surface area (TPSA) is 65.5 Å². The van der Waals surface area contributed by atoms with Crippen LogP contribution in [0.4, 0.5) is 18.0 Å². The summed E-state index contributed by atoms with van der Waals surface area (Å²) in [7, 11) is 0. The molecule has 6 nitrogen and oxygen atoms in total. The first-order valence-corrected chi connectivity index (χ1v) is 8.19. The normalized spacial score (nSPS) is 14.6. The number of aromatic nitrogens is 1. The van der Waals surface area contributed by atoms with Crippen molar-refractivity contribution >= 4 is 11.9 Å². The summed E-state index contributed by atoms with van der Waals surface area (Å²) < 4.78 is 38.9. The molecule has 1 aromatic carbocycles. The number of amides is 3.